The van der Waals surface area contributed by atoms with Gasteiger partial charge in [-0.1, -0.05) is 60.7 Å². The van der Waals surface area contributed by atoms with Gasteiger partial charge in [-0.25, -0.2) is 4.85 Å². The van der Waals surface area contributed by atoms with Crippen LogP contribution in [-0.4, -0.2) is 28.9 Å². The van der Waals surface area contributed by atoms with Crippen molar-refractivity contribution in [3.8, 4) is 11.1 Å². The number of hydrogen-bond acceptors (Lipinski definition) is 3. The van der Waals surface area contributed by atoms with Crippen molar-refractivity contribution in [1.82, 2.24) is 9.88 Å². The van der Waals surface area contributed by atoms with E-state index < -0.39 is 5.41 Å². The van der Waals surface area contributed by atoms with E-state index in [9.17, 15) is 4.79 Å². The van der Waals surface area contributed by atoms with E-state index in [1.54, 1.807) is 0 Å². The zero-order valence-corrected chi connectivity index (χ0v) is 20.9. The Morgan fingerprint density at radius 3 is 2.35 bits per heavy atom. The van der Waals surface area contributed by atoms with E-state index in [0.29, 0.717) is 5.69 Å². The lowest BCUT2D eigenvalue weighted by Gasteiger charge is -2.38. The second-order valence-corrected chi connectivity index (χ2v) is 9.99. The Bertz CT molecular complexity index is 1500. The van der Waals surface area contributed by atoms with Crippen LogP contribution in [-0.2, 0) is 16.8 Å². The van der Waals surface area contributed by atoms with Crippen LogP contribution >= 0.6 is 0 Å². The molecule has 1 spiro atoms. The van der Waals surface area contributed by atoms with Crippen molar-refractivity contribution in [1.29, 1.82) is 0 Å². The van der Waals surface area contributed by atoms with Crippen LogP contribution in [0.2, 0.25) is 0 Å². The molecule has 5 nitrogen and oxygen atoms in total. The Labute approximate surface area is 217 Å². The summed E-state index contributed by atoms with van der Waals surface area (Å²) in [6, 6.07) is 28.2. The van der Waals surface area contributed by atoms with E-state index in [0.717, 1.165) is 66.2 Å². The van der Waals surface area contributed by atoms with Crippen molar-refractivity contribution in [3.05, 3.63) is 119 Å². The number of hydrogen-bond donors (Lipinski definition) is 0. The summed E-state index contributed by atoms with van der Waals surface area (Å²) in [6.45, 7) is 12.1. The van der Waals surface area contributed by atoms with Gasteiger partial charge in [-0.3, -0.25) is 19.6 Å². The van der Waals surface area contributed by atoms with Gasteiger partial charge in [-0.05, 0) is 79.4 Å². The van der Waals surface area contributed by atoms with Gasteiger partial charge in [0, 0.05) is 24.1 Å². The van der Waals surface area contributed by atoms with Crippen molar-refractivity contribution < 1.29 is 4.79 Å². The molecule has 2 aliphatic heterocycles. The predicted octanol–water partition coefficient (Wildman–Crippen LogP) is 6.82. The number of carbonyl (C=O) groups is 1. The number of rotatable bonds is 4. The fourth-order valence-corrected chi connectivity index (χ4v) is 5.78. The Morgan fingerprint density at radius 2 is 1.65 bits per heavy atom. The predicted molar refractivity (Wildman–Crippen MR) is 147 cm³/mol. The first-order valence-corrected chi connectivity index (χ1v) is 12.7. The number of aromatic nitrogens is 1. The largest absolute Gasteiger partial charge is 0.297 e. The maximum Gasteiger partial charge on any atom is 0.242 e. The molecule has 0 radical (unpaired) electrons. The third-order valence-electron chi connectivity index (χ3n) is 7.91. The summed E-state index contributed by atoms with van der Waals surface area (Å²) in [7, 11) is 0. The second kappa shape index (κ2) is 9.31. The van der Waals surface area contributed by atoms with Crippen molar-refractivity contribution >= 4 is 23.0 Å². The molecule has 0 saturated carbocycles. The Morgan fingerprint density at radius 1 is 0.919 bits per heavy atom. The van der Waals surface area contributed by atoms with Crippen molar-refractivity contribution in [2.45, 2.75) is 31.7 Å². The van der Waals surface area contributed by atoms with Crippen LogP contribution in [0.4, 0.5) is 17.1 Å². The van der Waals surface area contributed by atoms with Crippen molar-refractivity contribution in [2.24, 2.45) is 0 Å². The van der Waals surface area contributed by atoms with Gasteiger partial charge < -0.3 is 0 Å². The molecule has 1 fully saturated rings. The number of amides is 1. The molecule has 37 heavy (non-hydrogen) atoms. The molecule has 0 atom stereocenters. The van der Waals surface area contributed by atoms with Crippen LogP contribution in [0, 0.1) is 13.5 Å². The average Bonchev–Trinajstić information content (AvgIpc) is 3.18. The fourth-order valence-electron chi connectivity index (χ4n) is 5.78. The first-order chi connectivity index (χ1) is 18.1. The quantitative estimate of drug-likeness (QED) is 0.299. The third kappa shape index (κ3) is 4.00. The SMILES string of the molecule is [C-]#[N+]c1ccc2c(c1)N(c1ccc(-c3ccccc3)cc1)C(=O)C21CCN(Cc2ncccc2C)CC1. The molecule has 1 amide bonds. The first kappa shape index (κ1) is 23.1. The molecule has 3 heterocycles. The van der Waals surface area contributed by atoms with Crippen LogP contribution in [0.15, 0.2) is 91.1 Å². The zero-order chi connectivity index (χ0) is 25.4. The number of carbonyl (C=O) groups excluding carboxylic acids is 1. The molecule has 1 saturated heterocycles. The molecule has 1 aromatic heterocycles. The lowest BCUT2D eigenvalue weighted by molar-refractivity contribution is -0.124. The molecule has 5 heteroatoms. The minimum atomic E-state index is -0.566. The highest BCUT2D eigenvalue weighted by Crippen LogP contribution is 2.51. The molecule has 4 aromatic rings. The first-order valence-electron chi connectivity index (χ1n) is 12.7. The van der Waals surface area contributed by atoms with E-state index in [2.05, 4.69) is 52.0 Å². The molecule has 0 aliphatic carbocycles. The van der Waals surface area contributed by atoms with E-state index in [1.165, 1.54) is 5.56 Å². The minimum Gasteiger partial charge on any atom is -0.297 e. The van der Waals surface area contributed by atoms with E-state index >= 15 is 0 Å². The number of benzene rings is 3. The normalized spacial score (nSPS) is 16.5. The molecule has 0 unspecified atom stereocenters. The molecule has 0 bridgehead atoms. The second-order valence-electron chi connectivity index (χ2n) is 9.99. The van der Waals surface area contributed by atoms with E-state index in [-0.39, 0.29) is 5.91 Å². The van der Waals surface area contributed by atoms with Gasteiger partial charge in [0.2, 0.25) is 5.91 Å². The summed E-state index contributed by atoms with van der Waals surface area (Å²) in [5, 5.41) is 0. The number of likely N-dealkylation sites (tertiary alicyclic amines) is 1. The molecule has 6 rings (SSSR count). The van der Waals surface area contributed by atoms with Crippen LogP contribution in [0.25, 0.3) is 16.0 Å². The summed E-state index contributed by atoms with van der Waals surface area (Å²) >= 11 is 0. The van der Waals surface area contributed by atoms with Gasteiger partial charge >= 0.3 is 0 Å². The third-order valence-corrected chi connectivity index (χ3v) is 7.91. The van der Waals surface area contributed by atoms with Crippen LogP contribution in [0.5, 0.6) is 0 Å². The summed E-state index contributed by atoms with van der Waals surface area (Å²) in [6.07, 6.45) is 3.35. The minimum absolute atomic E-state index is 0.116. The molecular formula is C32H28N4O. The van der Waals surface area contributed by atoms with Gasteiger partial charge in [0.25, 0.3) is 0 Å². The number of anilines is 2. The Kier molecular flexibility index (Phi) is 5.82. The molecule has 182 valence electrons. The van der Waals surface area contributed by atoms with Gasteiger partial charge in [0.05, 0.1) is 17.7 Å². The fraction of sp³-hybridized carbons (Fsp3) is 0.219. The summed E-state index contributed by atoms with van der Waals surface area (Å²) in [5.74, 6) is 0.116. The van der Waals surface area contributed by atoms with Crippen LogP contribution in [0.1, 0.15) is 29.7 Å². The van der Waals surface area contributed by atoms with Gasteiger partial charge in [0.1, 0.15) is 0 Å². The summed E-state index contributed by atoms with van der Waals surface area (Å²) in [4.78, 5) is 26.7. The molecule has 3 aromatic carbocycles. The zero-order valence-electron chi connectivity index (χ0n) is 20.9. The van der Waals surface area contributed by atoms with E-state index in [1.807, 2.05) is 65.7 Å². The molecular weight excluding hydrogens is 456 g/mol. The monoisotopic (exact) mass is 484 g/mol. The standard InChI is InChI=1S/C32H28N4O/c1-23-7-6-18-34-29(23)22-35-19-16-32(17-20-35)28-15-12-26(33-2)21-30(28)36(31(32)37)27-13-10-25(11-14-27)24-8-4-3-5-9-24/h3-15,18,21H,16-17,19-20,22H2,1H3. The van der Waals surface area contributed by atoms with Gasteiger partial charge in [-0.15, -0.1) is 0 Å². The number of aryl methyl sites for hydroxylation is 1. The van der Waals surface area contributed by atoms with Crippen LogP contribution < -0.4 is 4.90 Å². The number of piperidine rings is 1. The topological polar surface area (TPSA) is 40.8 Å². The summed E-state index contributed by atoms with van der Waals surface area (Å²) in [5.41, 5.74) is 7.27. The van der Waals surface area contributed by atoms with Gasteiger partial charge in [-0.2, -0.15) is 0 Å². The number of fused-ring (bicyclic) bond motifs is 2. The number of pyridine rings is 1. The highest BCUT2D eigenvalue weighted by molar-refractivity contribution is 6.13. The van der Waals surface area contributed by atoms with Crippen LogP contribution in [0.3, 0.4) is 0 Å². The highest BCUT2D eigenvalue weighted by atomic mass is 16.2. The van der Waals surface area contributed by atoms with E-state index in [4.69, 9.17) is 6.57 Å². The average molecular weight is 485 g/mol. The Balaban J connectivity index is 1.31. The maximum absolute atomic E-state index is 14.2. The number of nitrogens with zero attached hydrogens (tertiary/aromatic N) is 4. The van der Waals surface area contributed by atoms with Crippen molar-refractivity contribution in [3.63, 3.8) is 0 Å². The lowest BCUT2D eigenvalue weighted by atomic mass is 9.73. The highest BCUT2D eigenvalue weighted by Gasteiger charge is 2.52. The summed E-state index contributed by atoms with van der Waals surface area (Å²) < 4.78 is 0. The van der Waals surface area contributed by atoms with Gasteiger partial charge in [0.15, 0.2) is 5.69 Å². The Hall–Kier alpha value is -4.27. The molecule has 0 N–H and O–H groups in total. The molecule has 2 aliphatic rings. The maximum atomic E-state index is 14.2. The van der Waals surface area contributed by atoms with Crippen molar-refractivity contribution in [2.75, 3.05) is 18.0 Å². The smallest absolute Gasteiger partial charge is 0.242 e. The lowest BCUT2D eigenvalue weighted by Crippen LogP contribution is -2.47.